The van der Waals surface area contributed by atoms with Crippen molar-refractivity contribution in [3.05, 3.63) is 144 Å². The summed E-state index contributed by atoms with van der Waals surface area (Å²) in [5, 5.41) is 22.4. The Bertz CT molecular complexity index is 2730. The van der Waals surface area contributed by atoms with Crippen LogP contribution in [0.4, 0.5) is 5.69 Å². The van der Waals surface area contributed by atoms with E-state index in [4.69, 9.17) is 4.74 Å². The second-order valence-corrected chi connectivity index (χ2v) is 18.0. The number of anilines is 1. The maximum absolute atomic E-state index is 15.7. The maximum Gasteiger partial charge on any atom is 0.328 e. The van der Waals surface area contributed by atoms with Crippen molar-refractivity contribution < 1.29 is 27.9 Å². The van der Waals surface area contributed by atoms with E-state index in [-0.39, 0.29) is 17.7 Å². The molecule has 0 radical (unpaired) electrons. The van der Waals surface area contributed by atoms with E-state index in [0.29, 0.717) is 39.2 Å². The minimum atomic E-state index is -4.60. The number of benzene rings is 5. The number of para-hydroxylation sites is 2. The summed E-state index contributed by atoms with van der Waals surface area (Å²) in [5.41, 5.74) is 3.30. The number of nitrogens with zero attached hydrogens (tertiary/aromatic N) is 1. The van der Waals surface area contributed by atoms with Crippen molar-refractivity contribution in [2.75, 3.05) is 12.4 Å². The van der Waals surface area contributed by atoms with Gasteiger partial charge in [0, 0.05) is 56.9 Å². The van der Waals surface area contributed by atoms with Gasteiger partial charge >= 0.3 is 5.97 Å². The molecule has 3 heterocycles. The van der Waals surface area contributed by atoms with Crippen molar-refractivity contribution >= 4 is 60.0 Å². The molecule has 0 spiro atoms. The van der Waals surface area contributed by atoms with Gasteiger partial charge in [0.05, 0.1) is 12.0 Å². The monoisotopic (exact) mass is 796 g/mol. The van der Waals surface area contributed by atoms with Crippen LogP contribution in [-0.2, 0) is 48.2 Å². The third-order valence-corrected chi connectivity index (χ3v) is 13.9. The summed E-state index contributed by atoms with van der Waals surface area (Å²) in [6.07, 6.45) is 2.98. The van der Waals surface area contributed by atoms with Gasteiger partial charge in [0.1, 0.15) is 23.9 Å². The third kappa shape index (κ3) is 6.38. The molecule has 1 amide bonds. The van der Waals surface area contributed by atoms with Gasteiger partial charge < -0.3 is 25.5 Å². The number of hydrogen-bond acceptors (Lipinski definition) is 7. The number of esters is 1. The molecule has 58 heavy (non-hydrogen) atoms. The van der Waals surface area contributed by atoms with Crippen LogP contribution in [-0.4, -0.2) is 60.0 Å². The number of allylic oxidation sites excluding steroid dienone is 3. The molecule has 8 rings (SSSR count). The first-order chi connectivity index (χ1) is 27.7. The Morgan fingerprint density at radius 3 is 2.26 bits per heavy atom. The molecule has 6 aromatic rings. The number of amides is 1. The van der Waals surface area contributed by atoms with Crippen LogP contribution >= 0.6 is 0 Å². The van der Waals surface area contributed by atoms with Gasteiger partial charge in [-0.05, 0) is 54.3 Å². The van der Waals surface area contributed by atoms with Crippen LogP contribution in [0.15, 0.2) is 126 Å². The molecule has 2 aliphatic heterocycles. The fourth-order valence-corrected chi connectivity index (χ4v) is 11.0. The number of hydrogen-bond donors (Lipinski definition) is 4. The van der Waals surface area contributed by atoms with Crippen LogP contribution in [0.25, 0.3) is 32.4 Å². The Kier molecular flexibility index (Phi) is 9.82. The van der Waals surface area contributed by atoms with E-state index in [2.05, 4.69) is 28.3 Å². The van der Waals surface area contributed by atoms with Crippen molar-refractivity contribution in [2.24, 2.45) is 0 Å². The zero-order valence-corrected chi connectivity index (χ0v) is 34.1. The van der Waals surface area contributed by atoms with E-state index in [1.54, 1.807) is 30.3 Å². The van der Waals surface area contributed by atoms with Crippen molar-refractivity contribution in [2.45, 2.75) is 81.1 Å². The summed E-state index contributed by atoms with van der Waals surface area (Å²) >= 11 is 0. The molecule has 0 aliphatic carbocycles. The lowest BCUT2D eigenvalue weighted by atomic mass is 9.85. The summed E-state index contributed by atoms with van der Waals surface area (Å²) < 4.78 is 37.7. The molecule has 5 aromatic carbocycles. The molecule has 0 unspecified atom stereocenters. The van der Waals surface area contributed by atoms with Gasteiger partial charge in [0.25, 0.3) is 0 Å². The molecule has 2 aliphatic rings. The van der Waals surface area contributed by atoms with Crippen molar-refractivity contribution in [3.63, 3.8) is 0 Å². The van der Waals surface area contributed by atoms with Crippen LogP contribution in [0.1, 0.15) is 56.5 Å². The Labute approximate surface area is 338 Å². The molecule has 298 valence electrons. The van der Waals surface area contributed by atoms with Crippen molar-refractivity contribution in [3.8, 4) is 0 Å². The average Bonchev–Trinajstić information content (AvgIpc) is 3.84. The van der Waals surface area contributed by atoms with Gasteiger partial charge in [-0.25, -0.2) is 13.2 Å². The van der Waals surface area contributed by atoms with Crippen molar-refractivity contribution in [1.82, 2.24) is 14.6 Å². The summed E-state index contributed by atoms with van der Waals surface area (Å²) in [5.74, 6) is -1.43. The zero-order valence-electron chi connectivity index (χ0n) is 33.3. The summed E-state index contributed by atoms with van der Waals surface area (Å²) in [7, 11) is -3.34. The number of nitrogens with one attached hydrogen (secondary N) is 3. The highest BCUT2D eigenvalue weighted by Crippen LogP contribution is 2.53. The molecule has 1 aromatic heterocycles. The van der Waals surface area contributed by atoms with Gasteiger partial charge in [0.15, 0.2) is 0 Å². The van der Waals surface area contributed by atoms with Crippen molar-refractivity contribution in [1.29, 1.82) is 0 Å². The first-order valence-corrected chi connectivity index (χ1v) is 20.9. The van der Waals surface area contributed by atoms with Gasteiger partial charge in [-0.2, -0.15) is 4.31 Å². The van der Waals surface area contributed by atoms with Gasteiger partial charge in [-0.1, -0.05) is 117 Å². The fraction of sp³-hybridized carbons (Fsp3) is 0.277. The SMILES string of the molecule is C=CC(C)(C)c1[nH]c2ccccc2c1C[C@H](NC(=O)[C@@H]1C[C@]2(O)c3cccc(CC=C(C)C)c3N[C@@H]2N1S(=O)(=O)c1c2ccccc2cc2ccccc12)C(=O)OC. The highest BCUT2D eigenvalue weighted by atomic mass is 32.2. The third-order valence-electron chi connectivity index (χ3n) is 11.9. The largest absolute Gasteiger partial charge is 0.467 e. The Hall–Kier alpha value is -5.75. The highest BCUT2D eigenvalue weighted by molar-refractivity contribution is 7.89. The van der Waals surface area contributed by atoms with Crippen LogP contribution in [0, 0.1) is 0 Å². The molecule has 4 N–H and O–H groups in total. The Morgan fingerprint density at radius 1 is 0.983 bits per heavy atom. The van der Waals surface area contributed by atoms with E-state index < -0.39 is 51.2 Å². The topological polar surface area (TPSA) is 141 Å². The molecule has 1 fully saturated rings. The normalized spacial score (nSPS) is 19.7. The zero-order chi connectivity index (χ0) is 41.1. The Morgan fingerprint density at radius 2 is 1.62 bits per heavy atom. The number of carbonyl (C=O) groups excluding carboxylic acids is 2. The number of aromatic amines is 1. The number of sulfonamides is 1. The number of ether oxygens (including phenoxy) is 1. The standard InChI is InChI=1S/C47H48N4O6S/c1-7-46(4,5)42-35(34-20-12-13-22-37(34)48-42)26-38(44(53)57-6)49-43(52)39-27-47(54)36-21-14-17-29(24-23-28(2)3)40(36)50-45(47)51(39)58(55,56)41-32-18-10-8-15-30(32)25-31-16-9-11-19-33(31)41/h7-23,25,38-39,45,48,50,54H,1,24,26-27H2,2-6H3,(H,49,52)/t38-,39-,45+,47-/m0/s1. The molecular weight excluding hydrogens is 749 g/mol. The number of aromatic nitrogens is 1. The number of rotatable bonds is 11. The summed E-state index contributed by atoms with van der Waals surface area (Å²) in [6, 6.07) is 27.1. The lowest BCUT2D eigenvalue weighted by Crippen LogP contribution is -2.54. The fourth-order valence-electron chi connectivity index (χ4n) is 8.82. The average molecular weight is 797 g/mol. The number of methoxy groups -OCH3 is 1. The number of carbonyl (C=O) groups is 2. The maximum atomic E-state index is 15.7. The number of fused-ring (bicyclic) bond motifs is 6. The number of aliphatic hydroxyl groups is 1. The minimum Gasteiger partial charge on any atom is -0.467 e. The predicted molar refractivity (Wildman–Crippen MR) is 229 cm³/mol. The molecule has 0 saturated carbocycles. The second-order valence-electron chi connectivity index (χ2n) is 16.2. The predicted octanol–water partition coefficient (Wildman–Crippen LogP) is 7.75. The molecule has 4 atom stereocenters. The summed E-state index contributed by atoms with van der Waals surface area (Å²) in [4.78, 5) is 32.1. The smallest absolute Gasteiger partial charge is 0.328 e. The van der Waals surface area contributed by atoms with E-state index >= 15 is 8.42 Å². The second kappa shape index (κ2) is 14.6. The Balaban J connectivity index is 1.26. The summed E-state index contributed by atoms with van der Waals surface area (Å²) in [6.45, 7) is 12.1. The van der Waals surface area contributed by atoms with Crippen LogP contribution in [0.2, 0.25) is 0 Å². The van der Waals surface area contributed by atoms with Crippen LogP contribution in [0.3, 0.4) is 0 Å². The molecule has 10 nitrogen and oxygen atoms in total. The molecule has 0 bridgehead atoms. The molecular formula is C47H48N4O6S. The first kappa shape index (κ1) is 39.1. The van der Waals surface area contributed by atoms with E-state index in [9.17, 15) is 14.7 Å². The first-order valence-electron chi connectivity index (χ1n) is 19.5. The molecule has 1 saturated heterocycles. The lowest BCUT2D eigenvalue weighted by molar-refractivity contribution is -0.145. The van der Waals surface area contributed by atoms with E-state index in [1.807, 2.05) is 101 Å². The van der Waals surface area contributed by atoms with Crippen LogP contribution < -0.4 is 10.6 Å². The minimum absolute atomic E-state index is 0.0328. The lowest BCUT2D eigenvalue weighted by Gasteiger charge is -2.31. The highest BCUT2D eigenvalue weighted by Gasteiger charge is 2.63. The van der Waals surface area contributed by atoms with E-state index in [1.165, 1.54) is 7.11 Å². The van der Waals surface area contributed by atoms with Crippen LogP contribution in [0.5, 0.6) is 0 Å². The quantitative estimate of drug-likeness (QED) is 0.0597. The van der Waals surface area contributed by atoms with Gasteiger partial charge in [-0.3, -0.25) is 4.79 Å². The van der Waals surface area contributed by atoms with Gasteiger partial charge in [-0.15, -0.1) is 6.58 Å². The van der Waals surface area contributed by atoms with Gasteiger partial charge in [0.2, 0.25) is 15.9 Å². The van der Waals surface area contributed by atoms with E-state index in [0.717, 1.165) is 37.6 Å². The molecule has 11 heteroatoms. The number of H-pyrrole nitrogens is 1.